The Balaban J connectivity index is 0.000000337. The molecular weight excluding hydrogens is 426 g/mol. The minimum absolute atomic E-state index is 0.193. The van der Waals surface area contributed by atoms with Crippen molar-refractivity contribution in [1.29, 1.82) is 0 Å². The molecule has 1 N–H and O–H groups in total. The third-order valence-electron chi connectivity index (χ3n) is 4.21. The van der Waals surface area contributed by atoms with Crippen LogP contribution >= 0.6 is 0 Å². The normalized spacial score (nSPS) is 17.7. The van der Waals surface area contributed by atoms with Crippen LogP contribution in [0.3, 0.4) is 0 Å². The lowest BCUT2D eigenvalue weighted by Gasteiger charge is -2.25. The second-order valence-corrected chi connectivity index (χ2v) is 9.76. The van der Waals surface area contributed by atoms with Gasteiger partial charge in [0.05, 0.1) is 0 Å². The average molecular weight is 464 g/mol. The van der Waals surface area contributed by atoms with Crippen molar-refractivity contribution >= 4 is 18.4 Å². The fourth-order valence-electron chi connectivity index (χ4n) is 2.68. The van der Waals surface area contributed by atoms with Gasteiger partial charge in [-0.15, -0.1) is 0 Å². The van der Waals surface area contributed by atoms with Gasteiger partial charge in [0.15, 0.2) is 0 Å². The molecule has 184 valence electrons. The Bertz CT molecular complexity index is 765. The van der Waals surface area contributed by atoms with Crippen LogP contribution in [0.5, 0.6) is 0 Å². The maximum Gasteiger partial charge on any atom is 0.519 e. The molecule has 2 atom stereocenters. The summed E-state index contributed by atoms with van der Waals surface area (Å²) in [6, 6.07) is 9.89. The predicted octanol–water partition coefficient (Wildman–Crippen LogP) is 6.14. The molecule has 1 aromatic carbocycles. The van der Waals surface area contributed by atoms with E-state index in [2.05, 4.69) is 29.1 Å². The van der Waals surface area contributed by atoms with Gasteiger partial charge in [-0.05, 0) is 65.9 Å². The lowest BCUT2D eigenvalue weighted by Crippen LogP contribution is -2.40. The van der Waals surface area contributed by atoms with Gasteiger partial charge in [0.25, 0.3) is 0 Å². The molecule has 0 saturated carbocycles. The van der Waals surface area contributed by atoms with E-state index in [0.717, 1.165) is 18.4 Å². The second-order valence-electron chi connectivity index (χ2n) is 9.76. The molecule has 0 bridgehead atoms. The van der Waals surface area contributed by atoms with E-state index in [1.54, 1.807) is 41.5 Å². The van der Waals surface area contributed by atoms with Crippen molar-refractivity contribution in [2.24, 2.45) is 5.92 Å². The van der Waals surface area contributed by atoms with Crippen LogP contribution in [0.15, 0.2) is 42.5 Å². The number of hydrogen-bond donors (Lipinski definition) is 1. The van der Waals surface area contributed by atoms with Gasteiger partial charge in [-0.2, -0.15) is 0 Å². The van der Waals surface area contributed by atoms with Gasteiger partial charge < -0.3 is 24.3 Å². The summed E-state index contributed by atoms with van der Waals surface area (Å²) >= 11 is 0. The smallest absolute Gasteiger partial charge is 0.445 e. The number of alkyl carbamates (subject to hydrolysis) is 1. The van der Waals surface area contributed by atoms with Crippen molar-refractivity contribution in [2.45, 2.75) is 85.2 Å². The Morgan fingerprint density at radius 1 is 0.879 bits per heavy atom. The fraction of sp³-hybridized carbons (Fsp3) is 0.560. The first-order chi connectivity index (χ1) is 15.2. The number of allylic oxidation sites excluding steroid dienone is 1. The van der Waals surface area contributed by atoms with Crippen LogP contribution in [0.4, 0.5) is 14.4 Å². The maximum atomic E-state index is 11.7. The minimum atomic E-state index is -1.06. The van der Waals surface area contributed by atoms with Gasteiger partial charge in [-0.3, -0.25) is 0 Å². The Kier molecular flexibility index (Phi) is 10.9. The van der Waals surface area contributed by atoms with Crippen LogP contribution < -0.4 is 5.32 Å². The molecule has 1 aliphatic carbocycles. The number of nitrogens with one attached hydrogen (secondary N) is 1. The van der Waals surface area contributed by atoms with Crippen LogP contribution in [0, 0.1) is 5.92 Å². The second kappa shape index (κ2) is 12.9. The molecule has 0 radical (unpaired) electrons. The summed E-state index contributed by atoms with van der Waals surface area (Å²) in [6.07, 6.45) is 3.74. The summed E-state index contributed by atoms with van der Waals surface area (Å²) in [4.78, 5) is 33.7. The summed E-state index contributed by atoms with van der Waals surface area (Å²) in [5, 5.41) is 2.93. The molecular formula is C25H37NO7. The van der Waals surface area contributed by atoms with Crippen molar-refractivity contribution in [3.63, 3.8) is 0 Å². The Morgan fingerprint density at radius 3 is 1.88 bits per heavy atom. The molecule has 0 spiro atoms. The number of rotatable bonds is 3. The number of carbonyl (C=O) groups excluding carboxylic acids is 3. The van der Waals surface area contributed by atoms with Gasteiger partial charge in [0.2, 0.25) is 0 Å². The summed E-state index contributed by atoms with van der Waals surface area (Å²) in [7, 11) is 0. The van der Waals surface area contributed by atoms with E-state index in [4.69, 9.17) is 14.2 Å². The van der Waals surface area contributed by atoms with Crippen LogP contribution in [0.1, 0.15) is 66.9 Å². The molecule has 0 saturated heterocycles. The zero-order valence-electron chi connectivity index (χ0n) is 20.7. The Labute approximate surface area is 196 Å². The number of hydrogen-bond acceptors (Lipinski definition) is 7. The highest BCUT2D eigenvalue weighted by molar-refractivity contribution is 5.77. The molecule has 0 fully saturated rings. The van der Waals surface area contributed by atoms with Crippen molar-refractivity contribution in [3.05, 3.63) is 48.0 Å². The fourth-order valence-corrected chi connectivity index (χ4v) is 2.68. The number of ether oxygens (including phenoxy) is 4. The van der Waals surface area contributed by atoms with Gasteiger partial charge in [-0.1, -0.05) is 49.4 Å². The van der Waals surface area contributed by atoms with Crippen LogP contribution in [-0.4, -0.2) is 35.6 Å². The largest absolute Gasteiger partial charge is 0.519 e. The van der Waals surface area contributed by atoms with Gasteiger partial charge in [0, 0.05) is 6.04 Å². The third-order valence-corrected chi connectivity index (χ3v) is 4.21. The molecule has 0 aliphatic heterocycles. The lowest BCUT2D eigenvalue weighted by atomic mass is 9.91. The Hall–Kier alpha value is -3.03. The maximum absolute atomic E-state index is 11.7. The van der Waals surface area contributed by atoms with Crippen molar-refractivity contribution in [2.75, 3.05) is 0 Å². The molecule has 0 unspecified atom stereocenters. The molecule has 1 aromatic rings. The summed E-state index contributed by atoms with van der Waals surface area (Å²) < 4.78 is 19.0. The topological polar surface area (TPSA) is 100 Å². The van der Waals surface area contributed by atoms with Crippen molar-refractivity contribution in [3.8, 4) is 0 Å². The Morgan fingerprint density at radius 2 is 1.39 bits per heavy atom. The van der Waals surface area contributed by atoms with E-state index in [0.29, 0.717) is 12.5 Å². The first-order valence-corrected chi connectivity index (χ1v) is 11.0. The number of carbonyl (C=O) groups is 3. The van der Waals surface area contributed by atoms with Crippen molar-refractivity contribution < 1.29 is 33.3 Å². The van der Waals surface area contributed by atoms with E-state index in [1.807, 2.05) is 30.3 Å². The number of amides is 1. The zero-order valence-corrected chi connectivity index (χ0v) is 20.7. The first-order valence-electron chi connectivity index (χ1n) is 11.0. The quantitative estimate of drug-likeness (QED) is 0.249. The van der Waals surface area contributed by atoms with Crippen molar-refractivity contribution in [1.82, 2.24) is 5.32 Å². The summed E-state index contributed by atoms with van der Waals surface area (Å²) in [5.74, 6) is 0.472. The average Bonchev–Trinajstić information content (AvgIpc) is 2.66. The molecule has 0 heterocycles. The van der Waals surface area contributed by atoms with E-state index in [-0.39, 0.29) is 12.1 Å². The molecule has 1 aliphatic rings. The highest BCUT2D eigenvalue weighted by atomic mass is 16.8. The summed E-state index contributed by atoms with van der Waals surface area (Å²) in [6.45, 7) is 12.5. The third kappa shape index (κ3) is 13.9. The molecule has 2 rings (SSSR count). The molecule has 33 heavy (non-hydrogen) atoms. The SMILES string of the molecule is CC(C)(C)OC(=O)OC(=O)OC(C)(C)C.C[C@@H]1CC=CC[C@@H]1NC(=O)OCc1ccccc1. The van der Waals surface area contributed by atoms with Crippen LogP contribution in [-0.2, 0) is 25.6 Å². The molecule has 1 amide bonds. The standard InChI is InChI=1S/C15H19NO2.C10H18O5/c1-12-7-5-6-10-14(12)16-15(17)18-11-13-8-3-2-4-9-13;1-9(2,3)14-7(11)13-8(12)15-10(4,5)6/h2-6,8-9,12,14H,7,10-11H2,1H3,(H,16,17);1-6H3/t12-,14+;/m1./s1. The highest BCUT2D eigenvalue weighted by Gasteiger charge is 2.24. The molecule has 0 aromatic heterocycles. The first kappa shape index (κ1) is 28.0. The van der Waals surface area contributed by atoms with Crippen LogP contribution in [0.2, 0.25) is 0 Å². The zero-order chi connectivity index (χ0) is 25.1. The number of benzene rings is 1. The van der Waals surface area contributed by atoms with E-state index >= 15 is 0 Å². The lowest BCUT2D eigenvalue weighted by molar-refractivity contribution is -0.0293. The van der Waals surface area contributed by atoms with Gasteiger partial charge in [-0.25, -0.2) is 14.4 Å². The molecule has 8 heteroatoms. The minimum Gasteiger partial charge on any atom is -0.445 e. The highest BCUT2D eigenvalue weighted by Crippen LogP contribution is 2.18. The summed E-state index contributed by atoms with van der Waals surface area (Å²) in [5.41, 5.74) is -0.387. The monoisotopic (exact) mass is 463 g/mol. The van der Waals surface area contributed by atoms with E-state index in [9.17, 15) is 14.4 Å². The predicted molar refractivity (Wildman–Crippen MR) is 125 cm³/mol. The van der Waals surface area contributed by atoms with Gasteiger partial charge in [0.1, 0.15) is 17.8 Å². The van der Waals surface area contributed by atoms with E-state index < -0.39 is 23.5 Å². The molecule has 8 nitrogen and oxygen atoms in total. The van der Waals surface area contributed by atoms with Gasteiger partial charge >= 0.3 is 18.4 Å². The van der Waals surface area contributed by atoms with Crippen LogP contribution in [0.25, 0.3) is 0 Å². The van der Waals surface area contributed by atoms with E-state index in [1.165, 1.54) is 0 Å².